The minimum absolute atomic E-state index is 0.307. The first-order chi connectivity index (χ1) is 5.36. The molecule has 0 radical (unpaired) electrons. The third-order valence-corrected chi connectivity index (χ3v) is 3.85. The van der Waals surface area contributed by atoms with Crippen LogP contribution < -0.4 is 0 Å². The van der Waals surface area contributed by atoms with Crippen LogP contribution in [0.5, 0.6) is 0 Å². The number of rotatable bonds is 4. The van der Waals surface area contributed by atoms with Crippen LogP contribution in [-0.2, 0) is 0 Å². The maximum absolute atomic E-state index is 11.7. The van der Waals surface area contributed by atoms with Crippen LogP contribution in [0, 0.1) is 0 Å². The maximum Gasteiger partial charge on any atom is 0.175 e. The fraction of sp³-hybridized carbons (Fsp3) is 0.600. The van der Waals surface area contributed by atoms with Gasteiger partial charge < -0.3 is 0 Å². The van der Waals surface area contributed by atoms with Gasteiger partial charge in [-0.15, -0.1) is 10.2 Å². The van der Waals surface area contributed by atoms with Gasteiger partial charge in [0.05, 0.1) is 6.67 Å². The fourth-order valence-corrected chi connectivity index (χ4v) is 2.70. The normalized spacial score (nSPS) is 10.4. The van der Waals surface area contributed by atoms with Crippen molar-refractivity contribution in [3.63, 3.8) is 0 Å². The summed E-state index contributed by atoms with van der Waals surface area (Å²) in [7, 11) is 0. The van der Waals surface area contributed by atoms with E-state index in [-0.39, 0.29) is 6.67 Å². The van der Waals surface area contributed by atoms with E-state index in [1.54, 1.807) is 11.8 Å². The molecule has 0 amide bonds. The zero-order valence-electron chi connectivity index (χ0n) is 5.91. The van der Waals surface area contributed by atoms with Gasteiger partial charge in [-0.05, 0) is 6.26 Å². The number of nitrogens with zero attached hydrogens (tertiary/aromatic N) is 2. The largest absolute Gasteiger partial charge is 0.250 e. The van der Waals surface area contributed by atoms with Gasteiger partial charge in [-0.3, -0.25) is 4.39 Å². The molecule has 2 nitrogen and oxygen atoms in total. The van der Waals surface area contributed by atoms with Crippen molar-refractivity contribution >= 4 is 34.9 Å². The minimum atomic E-state index is -0.307. The van der Waals surface area contributed by atoms with Crippen LogP contribution in [0.25, 0.3) is 0 Å². The molecule has 62 valence electrons. The molecular weight excluding hydrogens is 203 g/mol. The van der Waals surface area contributed by atoms with Crippen LogP contribution >= 0.6 is 34.9 Å². The highest BCUT2D eigenvalue weighted by atomic mass is 32.2. The van der Waals surface area contributed by atoms with E-state index < -0.39 is 0 Å². The molecule has 11 heavy (non-hydrogen) atoms. The van der Waals surface area contributed by atoms with E-state index in [9.17, 15) is 4.39 Å². The average molecular weight is 210 g/mol. The zero-order valence-corrected chi connectivity index (χ0v) is 8.36. The number of thioether (sulfide) groups is 2. The molecule has 0 fully saturated rings. The molecule has 0 aliphatic heterocycles. The Hall–Kier alpha value is 0.190. The molecule has 0 saturated carbocycles. The highest BCUT2D eigenvalue weighted by Gasteiger charge is 2.01. The predicted molar refractivity (Wildman–Crippen MR) is 48.4 cm³/mol. The van der Waals surface area contributed by atoms with Crippen molar-refractivity contribution in [3.05, 3.63) is 0 Å². The molecule has 6 heteroatoms. The van der Waals surface area contributed by atoms with E-state index in [4.69, 9.17) is 0 Å². The molecule has 0 spiro atoms. The summed E-state index contributed by atoms with van der Waals surface area (Å²) in [6.07, 6.45) is 1.95. The lowest BCUT2D eigenvalue weighted by Gasteiger charge is -1.86. The van der Waals surface area contributed by atoms with E-state index in [0.29, 0.717) is 5.75 Å². The molecule has 0 aromatic carbocycles. The van der Waals surface area contributed by atoms with Crippen LogP contribution in [0.3, 0.4) is 0 Å². The van der Waals surface area contributed by atoms with E-state index in [0.717, 1.165) is 8.68 Å². The van der Waals surface area contributed by atoms with Crippen molar-refractivity contribution in [2.45, 2.75) is 8.68 Å². The highest BCUT2D eigenvalue weighted by molar-refractivity contribution is 8.02. The Balaban J connectivity index is 2.44. The average Bonchev–Trinajstić information content (AvgIpc) is 2.48. The molecular formula is C5H7FN2S3. The van der Waals surface area contributed by atoms with Crippen molar-refractivity contribution in [1.29, 1.82) is 0 Å². The van der Waals surface area contributed by atoms with Crippen LogP contribution in [0.4, 0.5) is 4.39 Å². The molecule has 1 aromatic heterocycles. The summed E-state index contributed by atoms with van der Waals surface area (Å²) in [5.74, 6) is 0.475. The van der Waals surface area contributed by atoms with Crippen molar-refractivity contribution in [1.82, 2.24) is 10.2 Å². The van der Waals surface area contributed by atoms with Gasteiger partial charge in [0.2, 0.25) is 0 Å². The summed E-state index contributed by atoms with van der Waals surface area (Å²) in [4.78, 5) is 0. The lowest BCUT2D eigenvalue weighted by atomic mass is 10.9. The number of aromatic nitrogens is 2. The second kappa shape index (κ2) is 4.95. The Morgan fingerprint density at radius 2 is 2.18 bits per heavy atom. The van der Waals surface area contributed by atoms with Gasteiger partial charge in [0.15, 0.2) is 8.68 Å². The van der Waals surface area contributed by atoms with Crippen molar-refractivity contribution in [2.24, 2.45) is 0 Å². The van der Waals surface area contributed by atoms with Gasteiger partial charge >= 0.3 is 0 Å². The Morgan fingerprint density at radius 3 is 2.73 bits per heavy atom. The smallest absolute Gasteiger partial charge is 0.175 e. The zero-order chi connectivity index (χ0) is 8.10. The summed E-state index contributed by atoms with van der Waals surface area (Å²) in [6, 6.07) is 0. The molecule has 0 N–H and O–H groups in total. The Labute approximate surface area is 77.0 Å². The maximum atomic E-state index is 11.7. The molecule has 1 aromatic rings. The lowest BCUT2D eigenvalue weighted by molar-refractivity contribution is 0.533. The van der Waals surface area contributed by atoms with Crippen LogP contribution in [0.15, 0.2) is 8.68 Å². The first-order valence-corrected chi connectivity index (χ1v) is 5.95. The predicted octanol–water partition coefficient (Wildman–Crippen LogP) is 2.32. The van der Waals surface area contributed by atoms with E-state index in [1.165, 1.54) is 23.1 Å². The number of alkyl halides is 1. The van der Waals surface area contributed by atoms with Gasteiger partial charge in [0, 0.05) is 5.75 Å². The first-order valence-electron chi connectivity index (χ1n) is 2.93. The molecule has 0 saturated heterocycles. The molecule has 0 aliphatic carbocycles. The summed E-state index contributed by atoms with van der Waals surface area (Å²) in [5, 5.41) is 7.74. The summed E-state index contributed by atoms with van der Waals surface area (Å²) in [5.41, 5.74) is 0. The fourth-order valence-electron chi connectivity index (χ4n) is 0.464. The molecule has 0 bridgehead atoms. The monoisotopic (exact) mass is 210 g/mol. The molecule has 0 aliphatic rings. The van der Waals surface area contributed by atoms with Gasteiger partial charge in [-0.2, -0.15) is 0 Å². The van der Waals surface area contributed by atoms with Crippen molar-refractivity contribution < 1.29 is 4.39 Å². The molecule has 1 rings (SSSR count). The van der Waals surface area contributed by atoms with Crippen molar-refractivity contribution in [3.8, 4) is 0 Å². The second-order valence-corrected chi connectivity index (χ2v) is 4.95. The van der Waals surface area contributed by atoms with Gasteiger partial charge in [0.25, 0.3) is 0 Å². The molecule has 0 atom stereocenters. The highest BCUT2D eigenvalue weighted by Crippen LogP contribution is 2.26. The summed E-state index contributed by atoms with van der Waals surface area (Å²) < 4.78 is 13.5. The van der Waals surface area contributed by atoms with Gasteiger partial charge in [0.1, 0.15) is 0 Å². The van der Waals surface area contributed by atoms with E-state index >= 15 is 0 Å². The summed E-state index contributed by atoms with van der Waals surface area (Å²) >= 11 is 4.48. The van der Waals surface area contributed by atoms with Gasteiger partial charge in [-0.1, -0.05) is 34.9 Å². The minimum Gasteiger partial charge on any atom is -0.250 e. The van der Waals surface area contributed by atoms with E-state index in [2.05, 4.69) is 10.2 Å². The Morgan fingerprint density at radius 1 is 1.45 bits per heavy atom. The standard InChI is InChI=1S/C5H7FN2S3/c1-9-4-7-8-5(11-4)10-3-2-6/h2-3H2,1H3. The number of hydrogen-bond acceptors (Lipinski definition) is 5. The molecule has 1 heterocycles. The third-order valence-electron chi connectivity index (χ3n) is 0.865. The number of hydrogen-bond donors (Lipinski definition) is 0. The van der Waals surface area contributed by atoms with Crippen LogP contribution in [0.2, 0.25) is 0 Å². The molecule has 0 unspecified atom stereocenters. The SMILES string of the molecule is CSc1nnc(SCCF)s1. The third kappa shape index (κ3) is 2.96. The van der Waals surface area contributed by atoms with Crippen molar-refractivity contribution in [2.75, 3.05) is 18.7 Å². The Bertz CT molecular complexity index is 215. The van der Waals surface area contributed by atoms with E-state index in [1.807, 2.05) is 6.26 Å². The first kappa shape index (κ1) is 9.28. The van der Waals surface area contributed by atoms with Crippen LogP contribution in [0.1, 0.15) is 0 Å². The van der Waals surface area contributed by atoms with Crippen LogP contribution in [-0.4, -0.2) is 28.9 Å². The topological polar surface area (TPSA) is 25.8 Å². The quantitative estimate of drug-likeness (QED) is 0.712. The Kier molecular flexibility index (Phi) is 4.17. The second-order valence-electron chi connectivity index (χ2n) is 1.58. The lowest BCUT2D eigenvalue weighted by Crippen LogP contribution is -1.78. The van der Waals surface area contributed by atoms with Gasteiger partial charge in [-0.25, -0.2) is 0 Å². The number of halogens is 1. The summed E-state index contributed by atoms with van der Waals surface area (Å²) in [6.45, 7) is -0.307.